The molecular formula is C31H40FN5O2S2. The first-order valence-corrected chi connectivity index (χ1v) is 16.2. The summed E-state index contributed by atoms with van der Waals surface area (Å²) in [4.78, 5) is 22.8. The number of imidazole rings is 1. The number of esters is 1. The number of halogens is 1. The number of rotatable bonds is 10. The number of thiazole rings is 1. The van der Waals surface area contributed by atoms with E-state index in [0.29, 0.717) is 12.5 Å². The van der Waals surface area contributed by atoms with E-state index in [-0.39, 0.29) is 11.8 Å². The Morgan fingerprint density at radius 3 is 2.56 bits per heavy atom. The number of carbonyl (C=O) groups is 1. The van der Waals surface area contributed by atoms with Crippen LogP contribution >= 0.6 is 23.3 Å². The number of nitrogens with zero attached hydrogens (tertiary/aromatic N) is 5. The third-order valence-electron chi connectivity index (χ3n) is 7.05. The van der Waals surface area contributed by atoms with Crippen LogP contribution < -0.4 is 4.90 Å². The van der Waals surface area contributed by atoms with E-state index in [1.165, 1.54) is 24.6 Å². The highest BCUT2D eigenvalue weighted by molar-refractivity contribution is 7.97. The van der Waals surface area contributed by atoms with E-state index in [9.17, 15) is 9.18 Å². The molecule has 220 valence electrons. The van der Waals surface area contributed by atoms with E-state index in [1.54, 1.807) is 23.5 Å². The van der Waals surface area contributed by atoms with Gasteiger partial charge in [0.2, 0.25) is 0 Å². The molecule has 0 saturated carbocycles. The zero-order valence-corrected chi connectivity index (χ0v) is 26.2. The van der Waals surface area contributed by atoms with Gasteiger partial charge in [-0.3, -0.25) is 13.5 Å². The van der Waals surface area contributed by atoms with Crippen molar-refractivity contribution >= 4 is 45.9 Å². The van der Waals surface area contributed by atoms with E-state index in [0.717, 1.165) is 78.1 Å². The zero-order chi connectivity index (χ0) is 29.4. The van der Waals surface area contributed by atoms with Gasteiger partial charge >= 0.3 is 5.97 Å². The van der Waals surface area contributed by atoms with Crippen LogP contribution in [-0.4, -0.2) is 57.1 Å². The highest BCUT2D eigenvalue weighted by Gasteiger charge is 2.24. The summed E-state index contributed by atoms with van der Waals surface area (Å²) >= 11 is 3.43. The van der Waals surface area contributed by atoms with Crippen molar-refractivity contribution in [2.75, 3.05) is 37.4 Å². The Labute approximate surface area is 250 Å². The van der Waals surface area contributed by atoms with Gasteiger partial charge in [0.15, 0.2) is 5.13 Å². The smallest absolute Gasteiger partial charge is 0.302 e. The highest BCUT2D eigenvalue weighted by atomic mass is 32.2. The molecule has 4 heterocycles. The fourth-order valence-corrected chi connectivity index (χ4v) is 6.76. The minimum absolute atomic E-state index is 0.211. The van der Waals surface area contributed by atoms with Crippen LogP contribution in [0.4, 0.5) is 15.3 Å². The maximum absolute atomic E-state index is 13.4. The number of hydrogen-bond donors (Lipinski definition) is 0. The summed E-state index contributed by atoms with van der Waals surface area (Å²) in [6.07, 6.45) is 6.17. The van der Waals surface area contributed by atoms with Crippen molar-refractivity contribution in [3.63, 3.8) is 0 Å². The average Bonchev–Trinajstić information content (AvgIpc) is 3.63. The molecule has 0 bridgehead atoms. The van der Waals surface area contributed by atoms with Gasteiger partial charge in [-0.05, 0) is 67.5 Å². The van der Waals surface area contributed by atoms with Gasteiger partial charge in [0.1, 0.15) is 17.3 Å². The molecule has 0 radical (unpaired) electrons. The molecule has 0 aliphatic carbocycles. The van der Waals surface area contributed by atoms with Crippen LogP contribution in [0.5, 0.6) is 0 Å². The molecule has 5 rings (SSSR count). The van der Waals surface area contributed by atoms with Crippen LogP contribution in [0.25, 0.3) is 16.9 Å². The first-order valence-electron chi connectivity index (χ1n) is 14.4. The number of fused-ring (bicyclic) bond motifs is 1. The summed E-state index contributed by atoms with van der Waals surface area (Å²) in [7, 11) is 2.04. The number of pyridine rings is 1. The van der Waals surface area contributed by atoms with Crippen LogP contribution in [0, 0.1) is 5.82 Å². The van der Waals surface area contributed by atoms with Crippen molar-refractivity contribution < 1.29 is 13.9 Å². The number of anilines is 2. The molecule has 10 heteroatoms. The largest absolute Gasteiger partial charge is 0.466 e. The topological polar surface area (TPSA) is 63.0 Å². The summed E-state index contributed by atoms with van der Waals surface area (Å²) in [6.45, 7) is 10.2. The van der Waals surface area contributed by atoms with E-state index in [2.05, 4.69) is 38.9 Å². The number of aryl methyl sites for hydroxylation is 1. The second-order valence-corrected chi connectivity index (χ2v) is 11.8. The molecule has 1 fully saturated rings. The summed E-state index contributed by atoms with van der Waals surface area (Å²) in [5, 5.41) is 2.89. The van der Waals surface area contributed by atoms with Crippen molar-refractivity contribution in [3.8, 4) is 11.3 Å². The Morgan fingerprint density at radius 2 is 1.88 bits per heavy atom. The molecular weight excluding hydrogens is 558 g/mol. The summed E-state index contributed by atoms with van der Waals surface area (Å²) < 4.78 is 23.1. The number of carbonyl (C=O) groups excluding carboxylic acids is 1. The Morgan fingerprint density at radius 1 is 1.15 bits per heavy atom. The lowest BCUT2D eigenvalue weighted by Gasteiger charge is -2.31. The van der Waals surface area contributed by atoms with E-state index in [1.807, 2.05) is 38.2 Å². The maximum Gasteiger partial charge on any atom is 0.302 e. The molecule has 0 N–H and O–H groups in total. The molecule has 4 aromatic rings. The van der Waals surface area contributed by atoms with Crippen LogP contribution in [0.2, 0.25) is 0 Å². The second kappa shape index (κ2) is 14.8. The Bertz CT molecular complexity index is 1410. The first kappa shape index (κ1) is 31.0. The van der Waals surface area contributed by atoms with Gasteiger partial charge in [-0.2, -0.15) is 0 Å². The predicted octanol–water partition coefficient (Wildman–Crippen LogP) is 7.73. The van der Waals surface area contributed by atoms with Crippen LogP contribution in [0.15, 0.2) is 48.0 Å². The van der Waals surface area contributed by atoms with E-state index in [4.69, 9.17) is 14.7 Å². The number of hydrogen-bond acceptors (Lipinski definition) is 8. The second-order valence-electron chi connectivity index (χ2n) is 9.74. The normalized spacial score (nSPS) is 14.1. The van der Waals surface area contributed by atoms with Gasteiger partial charge in [-0.15, -0.1) is 11.3 Å². The van der Waals surface area contributed by atoms with E-state index < -0.39 is 0 Å². The molecule has 7 nitrogen and oxygen atoms in total. The molecule has 0 atom stereocenters. The van der Waals surface area contributed by atoms with Gasteiger partial charge in [0.05, 0.1) is 18.0 Å². The van der Waals surface area contributed by atoms with E-state index >= 15 is 0 Å². The fraction of sp³-hybridized carbons (Fsp3) is 0.452. The molecule has 1 aromatic carbocycles. The Balaban J connectivity index is 0.00000189. The van der Waals surface area contributed by atoms with Gasteiger partial charge in [0.25, 0.3) is 0 Å². The van der Waals surface area contributed by atoms with Crippen molar-refractivity contribution in [3.05, 3.63) is 65.0 Å². The van der Waals surface area contributed by atoms with Crippen molar-refractivity contribution in [1.29, 1.82) is 0 Å². The monoisotopic (exact) mass is 597 g/mol. The standard InChI is InChI=1S/C29H34FN5O2S2.C2H6/c1-4-25-28(33(3)29-32-26(19-38-29)22-6-9-24(30)10-7-22)35-18-23(8-11-27(35)31-25)21-12-14-34(15-13-21)39-17-5-16-37-20(2)36;1-2/h6-11,18-19,21H,4-5,12-17H2,1-3H3;1-2H3. The molecule has 1 saturated heterocycles. The van der Waals surface area contributed by atoms with Crippen molar-refractivity contribution in [1.82, 2.24) is 18.7 Å². The molecule has 1 aliphatic rings. The molecule has 0 unspecified atom stereocenters. The quantitative estimate of drug-likeness (QED) is 0.105. The lowest BCUT2D eigenvalue weighted by Crippen LogP contribution is -2.28. The summed E-state index contributed by atoms with van der Waals surface area (Å²) in [5.41, 5.74) is 5.05. The third kappa shape index (κ3) is 7.67. The molecule has 0 spiro atoms. The summed E-state index contributed by atoms with van der Waals surface area (Å²) in [6, 6.07) is 10.8. The minimum Gasteiger partial charge on any atom is -0.466 e. The Hall–Kier alpha value is -2.95. The zero-order valence-electron chi connectivity index (χ0n) is 24.6. The van der Waals surface area contributed by atoms with Gasteiger partial charge in [-0.1, -0.05) is 38.8 Å². The lowest BCUT2D eigenvalue weighted by molar-refractivity contribution is -0.140. The minimum atomic E-state index is -0.249. The number of benzene rings is 1. The van der Waals surface area contributed by atoms with Gasteiger partial charge in [-0.25, -0.2) is 14.4 Å². The van der Waals surface area contributed by atoms with Gasteiger partial charge in [0, 0.05) is 50.0 Å². The Kier molecular flexibility index (Phi) is 11.2. The molecule has 1 aliphatic heterocycles. The number of aromatic nitrogens is 3. The van der Waals surface area contributed by atoms with Crippen LogP contribution in [0.1, 0.15) is 64.1 Å². The molecule has 3 aromatic heterocycles. The number of ether oxygens (including phenoxy) is 1. The maximum atomic E-state index is 13.4. The first-order chi connectivity index (χ1) is 19.9. The highest BCUT2D eigenvalue weighted by Crippen LogP contribution is 2.36. The van der Waals surface area contributed by atoms with Gasteiger partial charge < -0.3 is 9.64 Å². The molecule has 41 heavy (non-hydrogen) atoms. The predicted molar refractivity (Wildman–Crippen MR) is 169 cm³/mol. The average molecular weight is 598 g/mol. The lowest BCUT2D eigenvalue weighted by atomic mass is 9.91. The number of piperidine rings is 1. The third-order valence-corrected chi connectivity index (χ3v) is 9.17. The SMILES string of the molecule is CC.CCc1nc2ccc(C3CCN(SCCCOC(C)=O)CC3)cn2c1N(C)c1nc(-c2ccc(F)cc2)cs1. The van der Waals surface area contributed by atoms with Crippen molar-refractivity contribution in [2.45, 2.75) is 59.3 Å². The van der Waals surface area contributed by atoms with Crippen LogP contribution in [0.3, 0.4) is 0 Å². The van der Waals surface area contributed by atoms with Crippen LogP contribution in [-0.2, 0) is 16.0 Å². The molecule has 0 amide bonds. The van der Waals surface area contributed by atoms with Crippen molar-refractivity contribution in [2.24, 2.45) is 0 Å². The fourth-order valence-electron chi connectivity index (χ4n) is 4.98. The summed E-state index contributed by atoms with van der Waals surface area (Å²) in [5.74, 6) is 2.05.